The lowest BCUT2D eigenvalue weighted by Crippen LogP contribution is -2.58. The minimum atomic E-state index is -1.68. The van der Waals surface area contributed by atoms with E-state index in [9.17, 15) is 39.3 Å². The number of amides is 3. The molecule has 0 spiro atoms. The summed E-state index contributed by atoms with van der Waals surface area (Å²) in [5.41, 5.74) is 7.14. The number of aromatic nitrogens is 1. The van der Waals surface area contributed by atoms with Gasteiger partial charge >= 0.3 is 11.9 Å². The van der Waals surface area contributed by atoms with Crippen LogP contribution < -0.4 is 21.7 Å². The van der Waals surface area contributed by atoms with E-state index < -0.39 is 66.9 Å². The summed E-state index contributed by atoms with van der Waals surface area (Å²) in [5.74, 6) is -4.99. The number of H-pyrrole nitrogens is 1. The molecule has 4 atom stereocenters. The van der Waals surface area contributed by atoms with Crippen LogP contribution in [0.1, 0.15) is 18.4 Å². The van der Waals surface area contributed by atoms with Gasteiger partial charge in [0.2, 0.25) is 17.7 Å². The third-order valence-corrected chi connectivity index (χ3v) is 6.15. The predicted octanol–water partition coefficient (Wildman–Crippen LogP) is -1.20. The Morgan fingerprint density at radius 3 is 2.22 bits per heavy atom. The zero-order valence-corrected chi connectivity index (χ0v) is 20.9. The van der Waals surface area contributed by atoms with E-state index in [-0.39, 0.29) is 6.42 Å². The molecule has 1 aromatic heterocycles. The van der Waals surface area contributed by atoms with Crippen molar-refractivity contribution in [1.82, 2.24) is 20.9 Å². The zero-order valence-electron chi connectivity index (χ0n) is 20.1. The van der Waals surface area contributed by atoms with Crippen molar-refractivity contribution in [2.45, 2.75) is 43.4 Å². The fraction of sp³-hybridized carbons (Fsp3) is 0.435. The number of fused-ring (bicyclic) bond motifs is 1. The van der Waals surface area contributed by atoms with Crippen molar-refractivity contribution in [3.8, 4) is 0 Å². The Hall–Kier alpha value is -3.62. The minimum absolute atomic E-state index is 0.109. The van der Waals surface area contributed by atoms with Crippen LogP contribution >= 0.6 is 11.8 Å². The van der Waals surface area contributed by atoms with Gasteiger partial charge in [-0.15, -0.1) is 0 Å². The maximum Gasteiger partial charge on any atom is 0.326 e. The Kier molecular flexibility index (Phi) is 11.4. The number of thioether (sulfide) groups is 1. The van der Waals surface area contributed by atoms with Gasteiger partial charge in [0.15, 0.2) is 0 Å². The van der Waals surface area contributed by atoms with E-state index in [0.717, 1.165) is 10.9 Å². The second kappa shape index (κ2) is 14.2. The molecule has 14 heteroatoms. The highest BCUT2D eigenvalue weighted by molar-refractivity contribution is 7.98. The lowest BCUT2D eigenvalue weighted by atomic mass is 10.0. The van der Waals surface area contributed by atoms with Crippen molar-refractivity contribution in [2.75, 3.05) is 18.6 Å². The highest BCUT2D eigenvalue weighted by Crippen LogP contribution is 2.19. The first-order valence-electron chi connectivity index (χ1n) is 11.3. The highest BCUT2D eigenvalue weighted by atomic mass is 32.2. The standard InChI is InChI=1S/C23H31N5O8S/c1-37-7-6-14(24)20(32)28-18(11-29)22(34)26-16(9-19(30)31)21(33)27-17(23(35)36)8-12-10-25-15-5-3-2-4-13(12)15/h2-5,10,14,16-18,25,29H,6-9,11,24H2,1H3,(H,26,34)(H,27,33)(H,28,32)(H,30,31)(H,35,36). The molecule has 13 nitrogen and oxygen atoms in total. The third kappa shape index (κ3) is 8.77. The molecule has 1 aromatic carbocycles. The number of rotatable bonds is 15. The number of hydrogen-bond acceptors (Lipinski definition) is 8. The summed E-state index contributed by atoms with van der Waals surface area (Å²) in [7, 11) is 0. The minimum Gasteiger partial charge on any atom is -0.481 e. The van der Waals surface area contributed by atoms with Crippen LogP contribution in [0.15, 0.2) is 30.5 Å². The molecule has 202 valence electrons. The second-order valence-corrected chi connectivity index (χ2v) is 9.24. The molecular formula is C23H31N5O8S. The van der Waals surface area contributed by atoms with Gasteiger partial charge in [0.25, 0.3) is 0 Å². The normalized spacial score (nSPS) is 14.2. The van der Waals surface area contributed by atoms with Crippen LogP contribution in [0, 0.1) is 0 Å². The van der Waals surface area contributed by atoms with Crippen molar-refractivity contribution >= 4 is 52.3 Å². The smallest absolute Gasteiger partial charge is 0.326 e. The number of carbonyl (C=O) groups is 5. The largest absolute Gasteiger partial charge is 0.481 e. The number of carboxylic acid groups (broad SMARTS) is 2. The second-order valence-electron chi connectivity index (χ2n) is 8.25. The van der Waals surface area contributed by atoms with Crippen molar-refractivity contribution in [1.29, 1.82) is 0 Å². The van der Waals surface area contributed by atoms with Gasteiger partial charge in [0.1, 0.15) is 18.1 Å². The van der Waals surface area contributed by atoms with Gasteiger partial charge in [0, 0.05) is 23.5 Å². The number of hydrogen-bond donors (Lipinski definition) is 8. The molecule has 0 aliphatic carbocycles. The Balaban J connectivity index is 2.11. The summed E-state index contributed by atoms with van der Waals surface area (Å²) in [6, 6.07) is 1.63. The molecule has 2 aromatic rings. The molecule has 0 aliphatic heterocycles. The number of aliphatic carboxylic acids is 2. The van der Waals surface area contributed by atoms with Crippen LogP contribution in [-0.4, -0.2) is 92.7 Å². The van der Waals surface area contributed by atoms with Gasteiger partial charge in [-0.05, 0) is 30.1 Å². The van der Waals surface area contributed by atoms with Gasteiger partial charge < -0.3 is 42.0 Å². The van der Waals surface area contributed by atoms with Crippen LogP contribution in [0.4, 0.5) is 0 Å². The fourth-order valence-electron chi connectivity index (χ4n) is 3.50. The van der Waals surface area contributed by atoms with E-state index in [0.29, 0.717) is 17.7 Å². The molecule has 0 aliphatic rings. The van der Waals surface area contributed by atoms with E-state index in [4.69, 9.17) is 5.73 Å². The van der Waals surface area contributed by atoms with Crippen LogP contribution in [0.5, 0.6) is 0 Å². The lowest BCUT2D eigenvalue weighted by molar-refractivity contribution is -0.143. The van der Waals surface area contributed by atoms with Gasteiger partial charge in [-0.25, -0.2) is 4.79 Å². The van der Waals surface area contributed by atoms with E-state index in [1.165, 1.54) is 11.8 Å². The van der Waals surface area contributed by atoms with Crippen LogP contribution in [0.2, 0.25) is 0 Å². The Morgan fingerprint density at radius 2 is 1.59 bits per heavy atom. The molecule has 9 N–H and O–H groups in total. The first-order valence-corrected chi connectivity index (χ1v) is 12.7. The quantitative estimate of drug-likeness (QED) is 0.135. The molecule has 1 heterocycles. The maximum absolute atomic E-state index is 12.8. The highest BCUT2D eigenvalue weighted by Gasteiger charge is 2.31. The SMILES string of the molecule is CSCCC(N)C(=O)NC(CO)C(=O)NC(CC(=O)O)C(=O)NC(Cc1c[nH]c2ccccc12)C(=O)O. The molecule has 0 fully saturated rings. The summed E-state index contributed by atoms with van der Waals surface area (Å²) in [6.45, 7) is -0.841. The van der Waals surface area contributed by atoms with Crippen molar-refractivity contribution in [2.24, 2.45) is 5.73 Å². The average molecular weight is 538 g/mol. The Morgan fingerprint density at radius 1 is 0.973 bits per heavy atom. The van der Waals surface area contributed by atoms with Crippen molar-refractivity contribution < 1.29 is 39.3 Å². The molecule has 4 unspecified atom stereocenters. The fourth-order valence-corrected chi connectivity index (χ4v) is 3.99. The van der Waals surface area contributed by atoms with Gasteiger partial charge in [0.05, 0.1) is 19.1 Å². The molecule has 0 radical (unpaired) electrons. The van der Waals surface area contributed by atoms with Gasteiger partial charge in [-0.3, -0.25) is 19.2 Å². The summed E-state index contributed by atoms with van der Waals surface area (Å²) in [6.07, 6.45) is 2.79. The first kappa shape index (κ1) is 29.6. The number of aliphatic hydroxyl groups is 1. The molecule has 2 rings (SSSR count). The third-order valence-electron chi connectivity index (χ3n) is 5.51. The number of nitrogens with one attached hydrogen (secondary N) is 4. The molecule has 0 bridgehead atoms. The molecule has 37 heavy (non-hydrogen) atoms. The summed E-state index contributed by atoms with van der Waals surface area (Å²) >= 11 is 1.47. The van der Waals surface area contributed by atoms with Crippen LogP contribution in [0.25, 0.3) is 10.9 Å². The molecular weight excluding hydrogens is 506 g/mol. The maximum atomic E-state index is 12.8. The van der Waals surface area contributed by atoms with Crippen molar-refractivity contribution in [3.63, 3.8) is 0 Å². The van der Waals surface area contributed by atoms with E-state index in [1.807, 2.05) is 6.26 Å². The summed E-state index contributed by atoms with van der Waals surface area (Å²) in [5, 5.41) is 35.9. The number of carbonyl (C=O) groups excluding carboxylic acids is 3. The Bertz CT molecular complexity index is 1120. The predicted molar refractivity (Wildman–Crippen MR) is 136 cm³/mol. The Labute approximate surface area is 216 Å². The van der Waals surface area contributed by atoms with E-state index >= 15 is 0 Å². The summed E-state index contributed by atoms with van der Waals surface area (Å²) in [4.78, 5) is 63.9. The average Bonchev–Trinajstić information content (AvgIpc) is 3.27. The van der Waals surface area contributed by atoms with Crippen LogP contribution in [-0.2, 0) is 30.4 Å². The monoisotopic (exact) mass is 537 g/mol. The number of para-hydroxylation sites is 1. The molecule has 3 amide bonds. The summed E-state index contributed by atoms with van der Waals surface area (Å²) < 4.78 is 0. The first-order chi connectivity index (χ1) is 17.6. The number of nitrogens with two attached hydrogens (primary N) is 1. The van der Waals surface area contributed by atoms with Gasteiger partial charge in [-0.1, -0.05) is 18.2 Å². The van der Waals surface area contributed by atoms with Crippen LogP contribution in [0.3, 0.4) is 0 Å². The van der Waals surface area contributed by atoms with Gasteiger partial charge in [-0.2, -0.15) is 11.8 Å². The van der Waals surface area contributed by atoms with E-state index in [1.54, 1.807) is 30.5 Å². The van der Waals surface area contributed by atoms with E-state index in [2.05, 4.69) is 20.9 Å². The topological polar surface area (TPSA) is 224 Å². The number of carboxylic acids is 2. The number of aliphatic hydroxyl groups excluding tert-OH is 1. The molecule has 0 saturated heterocycles. The van der Waals surface area contributed by atoms with Crippen molar-refractivity contribution in [3.05, 3.63) is 36.0 Å². The number of benzene rings is 1. The zero-order chi connectivity index (χ0) is 27.5. The number of aromatic amines is 1. The molecule has 0 saturated carbocycles. The lowest BCUT2D eigenvalue weighted by Gasteiger charge is -2.23.